The molecule has 24 heavy (non-hydrogen) atoms. The number of fused-ring (bicyclic) bond motifs is 1. The number of phenolic OH excluding ortho intramolecular Hbond substituents is 1. The Morgan fingerprint density at radius 2 is 1.96 bits per heavy atom. The number of nitrogen functional groups attached to an aromatic ring is 1. The summed E-state index contributed by atoms with van der Waals surface area (Å²) in [6, 6.07) is 5.59. The number of aromatic nitrogens is 2. The van der Waals surface area contributed by atoms with E-state index in [1.165, 1.54) is 0 Å². The minimum atomic E-state index is -0.226. The van der Waals surface area contributed by atoms with Crippen LogP contribution in [0.1, 0.15) is 29.5 Å². The van der Waals surface area contributed by atoms with Gasteiger partial charge in [0.25, 0.3) is 0 Å². The zero-order chi connectivity index (χ0) is 16.7. The summed E-state index contributed by atoms with van der Waals surface area (Å²) < 4.78 is 11.6. The van der Waals surface area contributed by atoms with Crippen LogP contribution in [0.25, 0.3) is 11.3 Å². The Kier molecular flexibility index (Phi) is 3.66. The molecule has 0 bridgehead atoms. The molecule has 1 saturated heterocycles. The molecule has 0 radical (unpaired) electrons. The lowest BCUT2D eigenvalue weighted by Crippen LogP contribution is -2.44. The molecule has 3 N–H and O–H groups in total. The first-order valence-corrected chi connectivity index (χ1v) is 8.24. The normalized spacial score (nSPS) is 19.2. The van der Waals surface area contributed by atoms with E-state index >= 15 is 0 Å². The third-order valence-electron chi connectivity index (χ3n) is 5.05. The lowest BCUT2D eigenvalue weighted by molar-refractivity contribution is -0.125. The summed E-state index contributed by atoms with van der Waals surface area (Å²) in [5.74, 6) is 0.617. The summed E-state index contributed by atoms with van der Waals surface area (Å²) in [6.07, 6.45) is 2.43. The third kappa shape index (κ3) is 2.52. The predicted octanol–water partition coefficient (Wildman–Crippen LogP) is 2.36. The Hall–Kier alpha value is -2.18. The van der Waals surface area contributed by atoms with Gasteiger partial charge >= 0.3 is 0 Å². The molecule has 2 aromatic rings. The van der Waals surface area contributed by atoms with E-state index in [1.807, 2.05) is 19.1 Å². The molecule has 1 spiro atoms. The second-order valence-corrected chi connectivity index (χ2v) is 6.67. The number of hydrogen-bond acceptors (Lipinski definition) is 6. The van der Waals surface area contributed by atoms with Gasteiger partial charge in [0, 0.05) is 43.6 Å². The maximum Gasteiger partial charge on any atom is 0.151 e. The smallest absolute Gasteiger partial charge is 0.151 e. The molecule has 126 valence electrons. The second kappa shape index (κ2) is 5.72. The highest BCUT2D eigenvalue weighted by Crippen LogP contribution is 2.41. The van der Waals surface area contributed by atoms with Crippen molar-refractivity contribution < 1.29 is 14.6 Å². The van der Waals surface area contributed by atoms with Gasteiger partial charge in [0.1, 0.15) is 11.4 Å². The van der Waals surface area contributed by atoms with E-state index in [4.69, 9.17) is 15.2 Å². The van der Waals surface area contributed by atoms with E-state index in [9.17, 15) is 5.11 Å². The maximum atomic E-state index is 10.4. The van der Waals surface area contributed by atoms with Crippen LogP contribution in [0.3, 0.4) is 0 Å². The summed E-state index contributed by atoms with van der Waals surface area (Å²) in [4.78, 5) is 0. The number of benzene rings is 1. The number of ether oxygens (including phenoxy) is 2. The van der Waals surface area contributed by atoms with Crippen LogP contribution in [0.2, 0.25) is 0 Å². The van der Waals surface area contributed by atoms with Gasteiger partial charge in [-0.2, -0.15) is 0 Å². The van der Waals surface area contributed by atoms with Gasteiger partial charge in [0.05, 0.1) is 12.2 Å². The average molecular weight is 327 g/mol. The molecular weight excluding hydrogens is 306 g/mol. The predicted molar refractivity (Wildman–Crippen MR) is 89.6 cm³/mol. The van der Waals surface area contributed by atoms with Gasteiger partial charge < -0.3 is 20.3 Å². The quantitative estimate of drug-likeness (QED) is 0.835. The first-order valence-electron chi connectivity index (χ1n) is 8.24. The van der Waals surface area contributed by atoms with Crippen molar-refractivity contribution >= 4 is 5.82 Å². The Balaban J connectivity index is 1.82. The van der Waals surface area contributed by atoms with Gasteiger partial charge in [-0.25, -0.2) is 0 Å². The summed E-state index contributed by atoms with van der Waals surface area (Å²) in [6.45, 7) is 3.78. The fourth-order valence-electron chi connectivity index (χ4n) is 3.59. The monoisotopic (exact) mass is 327 g/mol. The van der Waals surface area contributed by atoms with Crippen molar-refractivity contribution in [2.45, 2.75) is 38.4 Å². The van der Waals surface area contributed by atoms with Crippen molar-refractivity contribution in [3.05, 3.63) is 34.9 Å². The topological polar surface area (TPSA) is 90.5 Å². The summed E-state index contributed by atoms with van der Waals surface area (Å²) in [5, 5.41) is 18.8. The van der Waals surface area contributed by atoms with Crippen LogP contribution >= 0.6 is 0 Å². The molecule has 4 rings (SSSR count). The minimum absolute atomic E-state index is 0.212. The van der Waals surface area contributed by atoms with Gasteiger partial charge in [-0.05, 0) is 30.2 Å². The maximum absolute atomic E-state index is 10.4. The standard InChI is InChI=1S/C18H21N3O3/c1-11-2-3-12(15(22)8-11)16-13-9-18(4-6-23-7-5-18)24-10-14(13)17(19)21-20-16/h2-3,8,22H,4-7,9-10H2,1H3,(H2,19,21). The molecule has 6 heteroatoms. The fourth-order valence-corrected chi connectivity index (χ4v) is 3.59. The van der Waals surface area contributed by atoms with Gasteiger partial charge in [-0.15, -0.1) is 10.2 Å². The molecular formula is C18H21N3O3. The summed E-state index contributed by atoms with van der Waals surface area (Å²) in [7, 11) is 0. The molecule has 2 aliphatic rings. The Bertz CT molecular complexity index is 785. The van der Waals surface area contributed by atoms with Crippen LogP contribution in [0.5, 0.6) is 5.75 Å². The number of phenols is 1. The van der Waals surface area contributed by atoms with Crippen LogP contribution < -0.4 is 5.73 Å². The van der Waals surface area contributed by atoms with Crippen LogP contribution in [0.4, 0.5) is 5.82 Å². The van der Waals surface area contributed by atoms with E-state index in [0.29, 0.717) is 43.3 Å². The zero-order valence-corrected chi connectivity index (χ0v) is 13.7. The number of anilines is 1. The van der Waals surface area contributed by atoms with Crippen LogP contribution in [0, 0.1) is 6.92 Å². The van der Waals surface area contributed by atoms with Crippen LogP contribution in [0.15, 0.2) is 18.2 Å². The highest BCUT2D eigenvalue weighted by molar-refractivity contribution is 5.72. The van der Waals surface area contributed by atoms with Gasteiger partial charge in [0.15, 0.2) is 5.82 Å². The fraction of sp³-hybridized carbons (Fsp3) is 0.444. The number of hydrogen-bond donors (Lipinski definition) is 2. The number of nitrogens with two attached hydrogens (primary N) is 1. The molecule has 1 fully saturated rings. The zero-order valence-electron chi connectivity index (χ0n) is 13.7. The number of nitrogens with zero attached hydrogens (tertiary/aromatic N) is 2. The van der Waals surface area contributed by atoms with E-state index in [1.54, 1.807) is 6.07 Å². The summed E-state index contributed by atoms with van der Waals surface area (Å²) >= 11 is 0. The van der Waals surface area contributed by atoms with Crippen molar-refractivity contribution in [1.82, 2.24) is 10.2 Å². The minimum Gasteiger partial charge on any atom is -0.507 e. The van der Waals surface area contributed by atoms with Crippen molar-refractivity contribution in [2.75, 3.05) is 18.9 Å². The lowest BCUT2D eigenvalue weighted by atomic mass is 9.82. The van der Waals surface area contributed by atoms with Crippen molar-refractivity contribution in [2.24, 2.45) is 0 Å². The van der Waals surface area contributed by atoms with Gasteiger partial charge in [-0.3, -0.25) is 0 Å². The first kappa shape index (κ1) is 15.4. The molecule has 0 atom stereocenters. The largest absolute Gasteiger partial charge is 0.507 e. The molecule has 6 nitrogen and oxygen atoms in total. The number of aryl methyl sites for hydroxylation is 1. The molecule has 2 aliphatic heterocycles. The van der Waals surface area contributed by atoms with Gasteiger partial charge in [-0.1, -0.05) is 6.07 Å². The highest BCUT2D eigenvalue weighted by atomic mass is 16.5. The number of rotatable bonds is 1. The Labute approximate surface area is 140 Å². The molecule has 0 unspecified atom stereocenters. The van der Waals surface area contributed by atoms with Crippen molar-refractivity contribution in [3.63, 3.8) is 0 Å². The third-order valence-corrected chi connectivity index (χ3v) is 5.05. The van der Waals surface area contributed by atoms with E-state index < -0.39 is 0 Å². The summed E-state index contributed by atoms with van der Waals surface area (Å²) in [5.41, 5.74) is 10.1. The first-order chi connectivity index (χ1) is 11.6. The van der Waals surface area contributed by atoms with Crippen LogP contribution in [-0.2, 0) is 22.5 Å². The van der Waals surface area contributed by atoms with Gasteiger partial charge in [0.2, 0.25) is 0 Å². The van der Waals surface area contributed by atoms with Crippen molar-refractivity contribution in [1.29, 1.82) is 0 Å². The Morgan fingerprint density at radius 1 is 1.17 bits per heavy atom. The highest BCUT2D eigenvalue weighted by Gasteiger charge is 2.39. The average Bonchev–Trinajstić information content (AvgIpc) is 2.57. The van der Waals surface area contributed by atoms with E-state index in [2.05, 4.69) is 10.2 Å². The van der Waals surface area contributed by atoms with Crippen molar-refractivity contribution in [3.8, 4) is 17.0 Å². The van der Waals surface area contributed by atoms with E-state index in [0.717, 1.165) is 29.5 Å². The molecule has 0 saturated carbocycles. The van der Waals surface area contributed by atoms with Crippen LogP contribution in [-0.4, -0.2) is 34.1 Å². The van der Waals surface area contributed by atoms with E-state index in [-0.39, 0.29) is 11.4 Å². The molecule has 0 amide bonds. The lowest BCUT2D eigenvalue weighted by Gasteiger charge is -2.41. The second-order valence-electron chi connectivity index (χ2n) is 6.67. The molecule has 1 aromatic heterocycles. The number of aromatic hydroxyl groups is 1. The molecule has 1 aromatic carbocycles. The molecule has 0 aliphatic carbocycles. The Morgan fingerprint density at radius 3 is 2.71 bits per heavy atom. The molecule has 3 heterocycles. The SMILES string of the molecule is Cc1ccc(-c2nnc(N)c3c2CC2(CCOCC2)OC3)c(O)c1.